The molecule has 2 unspecified atom stereocenters. The van der Waals surface area contributed by atoms with Gasteiger partial charge in [0.25, 0.3) is 5.91 Å². The first-order valence-corrected chi connectivity index (χ1v) is 7.72. The molecule has 2 atom stereocenters. The van der Waals surface area contributed by atoms with E-state index in [1.165, 1.54) is 6.07 Å². The van der Waals surface area contributed by atoms with Crippen molar-refractivity contribution in [2.24, 2.45) is 16.1 Å². The fraction of sp³-hybridized carbons (Fsp3) is 0.533. The lowest BCUT2D eigenvalue weighted by atomic mass is 9.90. The lowest BCUT2D eigenvalue weighted by Crippen LogP contribution is -2.47. The molecule has 0 bridgehead atoms. The van der Waals surface area contributed by atoms with Gasteiger partial charge in [-0.05, 0) is 54.6 Å². The highest BCUT2D eigenvalue weighted by molar-refractivity contribution is 5.95. The molecule has 0 radical (unpaired) electrons. The lowest BCUT2D eigenvalue weighted by molar-refractivity contribution is 0.0428. The summed E-state index contributed by atoms with van der Waals surface area (Å²) >= 11 is 0. The SMILES string of the molecule is CC1C(CO)CCCN1C(=O)c1cc(CN=[N+]=[N-])cc(N=[N+]=[N-])c1. The van der Waals surface area contributed by atoms with Crippen LogP contribution in [0.4, 0.5) is 5.69 Å². The second kappa shape index (κ2) is 8.21. The van der Waals surface area contributed by atoms with Gasteiger partial charge in [0.05, 0.1) is 6.54 Å². The smallest absolute Gasteiger partial charge is 0.254 e. The zero-order valence-electron chi connectivity index (χ0n) is 13.4. The molecule has 1 heterocycles. The topological polar surface area (TPSA) is 138 Å². The molecular formula is C15H19N7O2. The highest BCUT2D eigenvalue weighted by atomic mass is 16.3. The number of aliphatic hydroxyl groups excluding tert-OH is 1. The Morgan fingerprint density at radius 2 is 2.17 bits per heavy atom. The van der Waals surface area contributed by atoms with Gasteiger partial charge < -0.3 is 10.0 Å². The summed E-state index contributed by atoms with van der Waals surface area (Å²) in [5.41, 5.74) is 18.4. The quantitative estimate of drug-likeness (QED) is 0.500. The van der Waals surface area contributed by atoms with Crippen LogP contribution in [0.15, 0.2) is 28.4 Å². The van der Waals surface area contributed by atoms with Gasteiger partial charge in [-0.15, -0.1) is 0 Å². The van der Waals surface area contributed by atoms with Crippen LogP contribution in [0.2, 0.25) is 0 Å². The monoisotopic (exact) mass is 329 g/mol. The Hall–Kier alpha value is -2.73. The Balaban J connectivity index is 2.34. The number of carbonyl (C=O) groups is 1. The number of azide groups is 2. The third-order valence-electron chi connectivity index (χ3n) is 4.34. The molecule has 0 aliphatic carbocycles. The maximum Gasteiger partial charge on any atom is 0.254 e. The van der Waals surface area contributed by atoms with E-state index in [9.17, 15) is 9.90 Å². The van der Waals surface area contributed by atoms with Gasteiger partial charge in [0.1, 0.15) is 0 Å². The first kappa shape index (κ1) is 17.6. The van der Waals surface area contributed by atoms with Gasteiger partial charge in [-0.2, -0.15) is 0 Å². The van der Waals surface area contributed by atoms with Crippen LogP contribution in [0.5, 0.6) is 0 Å². The van der Waals surface area contributed by atoms with E-state index in [-0.39, 0.29) is 31.0 Å². The number of rotatable bonds is 5. The number of hydrogen-bond donors (Lipinski definition) is 1. The Bertz CT molecular complexity index is 708. The van der Waals surface area contributed by atoms with Gasteiger partial charge in [-0.25, -0.2) is 0 Å². The Labute approximate surface area is 139 Å². The van der Waals surface area contributed by atoms with Crippen LogP contribution < -0.4 is 0 Å². The molecule has 1 saturated heterocycles. The van der Waals surface area contributed by atoms with Crippen molar-refractivity contribution in [3.05, 3.63) is 50.2 Å². The van der Waals surface area contributed by atoms with Crippen LogP contribution in [0.1, 0.15) is 35.7 Å². The molecule has 9 nitrogen and oxygen atoms in total. The maximum atomic E-state index is 12.9. The summed E-state index contributed by atoms with van der Waals surface area (Å²) in [5, 5.41) is 16.5. The average Bonchev–Trinajstić information content (AvgIpc) is 2.59. The fourth-order valence-electron chi connectivity index (χ4n) is 3.03. The summed E-state index contributed by atoms with van der Waals surface area (Å²) < 4.78 is 0. The molecule has 0 aromatic heterocycles. The molecule has 2 rings (SSSR count). The van der Waals surface area contributed by atoms with Gasteiger partial charge in [0, 0.05) is 46.2 Å². The number of aliphatic hydroxyl groups is 1. The fourth-order valence-corrected chi connectivity index (χ4v) is 3.03. The molecule has 9 heteroatoms. The molecule has 1 aliphatic heterocycles. The second-order valence-corrected chi connectivity index (χ2v) is 5.79. The number of carbonyl (C=O) groups excluding carboxylic acids is 1. The molecule has 0 saturated carbocycles. The lowest BCUT2D eigenvalue weighted by Gasteiger charge is -2.38. The number of benzene rings is 1. The second-order valence-electron chi connectivity index (χ2n) is 5.79. The van der Waals surface area contributed by atoms with Crippen LogP contribution in [0.25, 0.3) is 20.9 Å². The molecule has 1 aromatic carbocycles. The summed E-state index contributed by atoms with van der Waals surface area (Å²) in [7, 11) is 0. The predicted molar refractivity (Wildman–Crippen MR) is 88.4 cm³/mol. The third-order valence-corrected chi connectivity index (χ3v) is 4.34. The van der Waals surface area contributed by atoms with E-state index in [2.05, 4.69) is 20.1 Å². The van der Waals surface area contributed by atoms with Crippen molar-refractivity contribution in [3.63, 3.8) is 0 Å². The van der Waals surface area contributed by atoms with E-state index >= 15 is 0 Å². The summed E-state index contributed by atoms with van der Waals surface area (Å²) in [6.07, 6.45) is 1.73. The molecule has 24 heavy (non-hydrogen) atoms. The van der Waals surface area contributed by atoms with E-state index in [0.717, 1.165) is 12.8 Å². The minimum atomic E-state index is -0.183. The van der Waals surface area contributed by atoms with Crippen molar-refractivity contribution in [2.75, 3.05) is 13.2 Å². The average molecular weight is 329 g/mol. The zero-order valence-corrected chi connectivity index (χ0v) is 13.4. The van der Waals surface area contributed by atoms with Crippen molar-refractivity contribution in [2.45, 2.75) is 32.4 Å². The highest BCUT2D eigenvalue weighted by Crippen LogP contribution is 2.26. The maximum absolute atomic E-state index is 12.9. The molecular weight excluding hydrogens is 310 g/mol. The number of hydrogen-bond acceptors (Lipinski definition) is 4. The van der Waals surface area contributed by atoms with Crippen LogP contribution in [-0.2, 0) is 6.54 Å². The molecule has 1 aromatic rings. The molecule has 1 N–H and O–H groups in total. The number of likely N-dealkylation sites (tertiary alicyclic amines) is 1. The van der Waals surface area contributed by atoms with Gasteiger partial charge in [-0.1, -0.05) is 10.2 Å². The van der Waals surface area contributed by atoms with Gasteiger partial charge >= 0.3 is 0 Å². The Morgan fingerprint density at radius 3 is 2.83 bits per heavy atom. The van der Waals surface area contributed by atoms with Crippen molar-refractivity contribution >= 4 is 11.6 Å². The van der Waals surface area contributed by atoms with Crippen LogP contribution in [-0.4, -0.2) is 35.1 Å². The Kier molecular flexibility index (Phi) is 6.03. The van der Waals surface area contributed by atoms with Crippen LogP contribution >= 0.6 is 0 Å². The molecule has 1 fully saturated rings. The largest absolute Gasteiger partial charge is 0.396 e. The number of piperidine rings is 1. The van der Waals surface area contributed by atoms with E-state index in [1.54, 1.807) is 17.0 Å². The van der Waals surface area contributed by atoms with E-state index < -0.39 is 0 Å². The van der Waals surface area contributed by atoms with E-state index in [0.29, 0.717) is 23.4 Å². The minimum absolute atomic E-state index is 0.0475. The van der Waals surface area contributed by atoms with Gasteiger partial charge in [0.15, 0.2) is 0 Å². The molecule has 0 spiro atoms. The van der Waals surface area contributed by atoms with Gasteiger partial charge in [-0.3, -0.25) is 4.79 Å². The van der Waals surface area contributed by atoms with Crippen LogP contribution in [0, 0.1) is 5.92 Å². The van der Waals surface area contributed by atoms with Crippen molar-refractivity contribution < 1.29 is 9.90 Å². The van der Waals surface area contributed by atoms with Crippen LogP contribution in [0.3, 0.4) is 0 Å². The summed E-state index contributed by atoms with van der Waals surface area (Å²) in [5.74, 6) is -0.122. The van der Waals surface area contributed by atoms with Crippen molar-refractivity contribution in [1.29, 1.82) is 0 Å². The normalized spacial score (nSPS) is 20.0. The highest BCUT2D eigenvalue weighted by Gasteiger charge is 2.31. The number of amides is 1. The third kappa shape index (κ3) is 3.97. The first-order chi connectivity index (χ1) is 11.6. The summed E-state index contributed by atoms with van der Waals surface area (Å²) in [6.45, 7) is 2.66. The van der Waals surface area contributed by atoms with E-state index in [1.807, 2.05) is 6.92 Å². The minimum Gasteiger partial charge on any atom is -0.396 e. The van der Waals surface area contributed by atoms with Crippen molar-refractivity contribution in [3.8, 4) is 0 Å². The standard InChI is InChI=1S/C15H19N7O2/c1-10-12(9-23)3-2-4-22(10)15(24)13-5-11(8-18-20-16)6-14(7-13)19-21-17/h5-7,10,12,23H,2-4,8-9H2,1H3. The first-order valence-electron chi connectivity index (χ1n) is 7.72. The summed E-state index contributed by atoms with van der Waals surface area (Å²) in [6, 6.07) is 4.68. The summed E-state index contributed by atoms with van der Waals surface area (Å²) in [4.78, 5) is 20.0. The zero-order chi connectivity index (χ0) is 17.5. The number of nitrogens with zero attached hydrogens (tertiary/aromatic N) is 7. The Morgan fingerprint density at radius 1 is 1.38 bits per heavy atom. The predicted octanol–water partition coefficient (Wildman–Crippen LogP) is 3.67. The van der Waals surface area contributed by atoms with Gasteiger partial charge in [0.2, 0.25) is 0 Å². The van der Waals surface area contributed by atoms with E-state index in [4.69, 9.17) is 11.1 Å². The molecule has 1 aliphatic rings. The molecule has 1 amide bonds. The van der Waals surface area contributed by atoms with Crippen molar-refractivity contribution in [1.82, 2.24) is 4.90 Å². The molecule has 126 valence electrons.